The molecule has 0 atom stereocenters. The first-order valence-corrected chi connectivity index (χ1v) is 10.7. The standard InChI is InChI=1S/C21H20BrNO3S/c1-26-21-12-7-16(15-20(21)22)13-14-23-27(24,25)19-10-8-18(9-11-19)17-5-3-2-4-6-17/h2-12,15,23H,13-14H2,1H3. The molecule has 0 fully saturated rings. The van der Waals surface area contributed by atoms with Gasteiger partial charge in [-0.15, -0.1) is 0 Å². The van der Waals surface area contributed by atoms with Gasteiger partial charge >= 0.3 is 0 Å². The number of benzene rings is 3. The van der Waals surface area contributed by atoms with Gasteiger partial charge in [0.1, 0.15) is 5.75 Å². The molecule has 0 spiro atoms. The Morgan fingerprint density at radius 2 is 1.59 bits per heavy atom. The van der Waals surface area contributed by atoms with Gasteiger partial charge < -0.3 is 4.74 Å². The molecule has 0 aromatic heterocycles. The molecule has 3 aromatic rings. The molecule has 27 heavy (non-hydrogen) atoms. The van der Waals surface area contributed by atoms with Crippen molar-refractivity contribution < 1.29 is 13.2 Å². The molecule has 0 aliphatic heterocycles. The average molecular weight is 446 g/mol. The van der Waals surface area contributed by atoms with Gasteiger partial charge in [0.2, 0.25) is 10.0 Å². The molecule has 0 heterocycles. The zero-order chi connectivity index (χ0) is 19.3. The third-order valence-corrected chi connectivity index (χ3v) is 6.29. The second kappa shape index (κ2) is 8.69. The van der Waals surface area contributed by atoms with Gasteiger partial charge in [-0.3, -0.25) is 0 Å². The van der Waals surface area contributed by atoms with E-state index < -0.39 is 10.0 Å². The molecule has 140 valence electrons. The fourth-order valence-electron chi connectivity index (χ4n) is 2.74. The van der Waals surface area contributed by atoms with Crippen LogP contribution in [0.2, 0.25) is 0 Å². The van der Waals surface area contributed by atoms with E-state index in [0.29, 0.717) is 13.0 Å². The summed E-state index contributed by atoms with van der Waals surface area (Å²) in [6, 6.07) is 22.5. The Hall–Kier alpha value is -2.15. The number of hydrogen-bond donors (Lipinski definition) is 1. The van der Waals surface area contributed by atoms with Crippen molar-refractivity contribution >= 4 is 26.0 Å². The van der Waals surface area contributed by atoms with Crippen LogP contribution in [-0.4, -0.2) is 22.1 Å². The lowest BCUT2D eigenvalue weighted by Crippen LogP contribution is -2.26. The highest BCUT2D eigenvalue weighted by Gasteiger charge is 2.13. The molecule has 0 radical (unpaired) electrons. The number of sulfonamides is 1. The highest BCUT2D eigenvalue weighted by Crippen LogP contribution is 2.25. The van der Waals surface area contributed by atoms with Gasteiger partial charge in [0.15, 0.2) is 0 Å². The molecule has 3 rings (SSSR count). The summed E-state index contributed by atoms with van der Waals surface area (Å²) in [5.41, 5.74) is 3.06. The van der Waals surface area contributed by atoms with E-state index in [1.54, 1.807) is 19.2 Å². The first kappa shape index (κ1) is 19.6. The van der Waals surface area contributed by atoms with E-state index in [4.69, 9.17) is 4.74 Å². The predicted molar refractivity (Wildman–Crippen MR) is 111 cm³/mol. The Balaban J connectivity index is 1.64. The monoisotopic (exact) mass is 445 g/mol. The SMILES string of the molecule is COc1ccc(CCNS(=O)(=O)c2ccc(-c3ccccc3)cc2)cc1Br. The normalized spacial score (nSPS) is 11.3. The summed E-state index contributed by atoms with van der Waals surface area (Å²) >= 11 is 3.44. The van der Waals surface area contributed by atoms with E-state index in [9.17, 15) is 8.42 Å². The van der Waals surface area contributed by atoms with Crippen molar-refractivity contribution in [1.82, 2.24) is 4.72 Å². The van der Waals surface area contributed by atoms with Crippen LogP contribution in [0.25, 0.3) is 11.1 Å². The molecule has 0 saturated carbocycles. The van der Waals surface area contributed by atoms with Crippen LogP contribution < -0.4 is 9.46 Å². The Kier molecular flexibility index (Phi) is 6.31. The van der Waals surface area contributed by atoms with Crippen molar-refractivity contribution in [3.8, 4) is 16.9 Å². The zero-order valence-electron chi connectivity index (χ0n) is 14.9. The highest BCUT2D eigenvalue weighted by atomic mass is 79.9. The minimum Gasteiger partial charge on any atom is -0.496 e. The Morgan fingerprint density at radius 1 is 0.926 bits per heavy atom. The molecule has 0 aliphatic carbocycles. The minimum absolute atomic E-state index is 0.262. The fraction of sp³-hybridized carbons (Fsp3) is 0.143. The van der Waals surface area contributed by atoms with Crippen LogP contribution in [0.5, 0.6) is 5.75 Å². The largest absolute Gasteiger partial charge is 0.496 e. The Labute approximate surface area is 168 Å². The van der Waals surface area contributed by atoms with Crippen LogP contribution in [0.4, 0.5) is 0 Å². The van der Waals surface area contributed by atoms with E-state index in [2.05, 4.69) is 20.7 Å². The molecule has 6 heteroatoms. The van der Waals surface area contributed by atoms with Crippen molar-refractivity contribution in [2.24, 2.45) is 0 Å². The predicted octanol–water partition coefficient (Wildman–Crippen LogP) is 4.65. The summed E-state index contributed by atoms with van der Waals surface area (Å²) in [4.78, 5) is 0.262. The van der Waals surface area contributed by atoms with Crippen LogP contribution in [0.3, 0.4) is 0 Å². The molecule has 1 N–H and O–H groups in total. The molecule has 3 aromatic carbocycles. The molecule has 0 amide bonds. The third-order valence-electron chi connectivity index (χ3n) is 4.19. The van der Waals surface area contributed by atoms with Crippen LogP contribution in [-0.2, 0) is 16.4 Å². The molecule has 4 nitrogen and oxygen atoms in total. The van der Waals surface area contributed by atoms with Gasteiger partial charge in [-0.25, -0.2) is 13.1 Å². The summed E-state index contributed by atoms with van der Waals surface area (Å²) in [7, 11) is -1.93. The van der Waals surface area contributed by atoms with E-state index in [1.165, 1.54) is 0 Å². The number of methoxy groups -OCH3 is 1. The first-order chi connectivity index (χ1) is 13.0. The lowest BCUT2D eigenvalue weighted by atomic mass is 10.1. The van der Waals surface area contributed by atoms with Crippen molar-refractivity contribution in [3.05, 3.63) is 82.8 Å². The smallest absolute Gasteiger partial charge is 0.240 e. The Bertz CT molecular complexity index is 1000. The van der Waals surface area contributed by atoms with Crippen molar-refractivity contribution in [3.63, 3.8) is 0 Å². The topological polar surface area (TPSA) is 55.4 Å². The first-order valence-electron chi connectivity index (χ1n) is 8.47. The van der Waals surface area contributed by atoms with Gasteiger partial charge in [-0.2, -0.15) is 0 Å². The van der Waals surface area contributed by atoms with Crippen LogP contribution in [0.1, 0.15) is 5.56 Å². The second-order valence-corrected chi connectivity index (χ2v) is 8.63. The van der Waals surface area contributed by atoms with Gasteiger partial charge in [-0.05, 0) is 63.3 Å². The van der Waals surface area contributed by atoms with Gasteiger partial charge in [-0.1, -0.05) is 48.5 Å². The molecular weight excluding hydrogens is 426 g/mol. The maximum absolute atomic E-state index is 12.5. The van der Waals surface area contributed by atoms with Crippen LogP contribution in [0.15, 0.2) is 82.2 Å². The van der Waals surface area contributed by atoms with E-state index in [-0.39, 0.29) is 4.90 Å². The van der Waals surface area contributed by atoms with Crippen LogP contribution in [0, 0.1) is 0 Å². The number of rotatable bonds is 7. The maximum Gasteiger partial charge on any atom is 0.240 e. The van der Waals surface area contributed by atoms with Crippen molar-refractivity contribution in [1.29, 1.82) is 0 Å². The van der Waals surface area contributed by atoms with Gasteiger partial charge in [0.05, 0.1) is 16.5 Å². The molecular formula is C21H20BrNO3S. The summed E-state index contributed by atoms with van der Waals surface area (Å²) < 4.78 is 33.7. The summed E-state index contributed by atoms with van der Waals surface area (Å²) in [6.45, 7) is 0.321. The maximum atomic E-state index is 12.5. The minimum atomic E-state index is -3.54. The number of ether oxygens (including phenoxy) is 1. The lowest BCUT2D eigenvalue weighted by Gasteiger charge is -2.09. The number of nitrogens with one attached hydrogen (secondary N) is 1. The summed E-state index contributed by atoms with van der Waals surface area (Å²) in [5, 5.41) is 0. The average Bonchev–Trinajstić information content (AvgIpc) is 2.69. The van der Waals surface area contributed by atoms with Crippen molar-refractivity contribution in [2.75, 3.05) is 13.7 Å². The number of hydrogen-bond acceptors (Lipinski definition) is 3. The van der Waals surface area contributed by atoms with E-state index in [0.717, 1.165) is 26.9 Å². The van der Waals surface area contributed by atoms with Crippen LogP contribution >= 0.6 is 15.9 Å². The quantitative estimate of drug-likeness (QED) is 0.575. The Morgan fingerprint density at radius 3 is 2.22 bits per heavy atom. The molecule has 0 aliphatic rings. The third kappa shape index (κ3) is 4.97. The molecule has 0 saturated heterocycles. The van der Waals surface area contributed by atoms with Crippen molar-refractivity contribution in [2.45, 2.75) is 11.3 Å². The second-order valence-electron chi connectivity index (χ2n) is 6.01. The van der Waals surface area contributed by atoms with E-state index >= 15 is 0 Å². The summed E-state index contributed by atoms with van der Waals surface area (Å²) in [6.07, 6.45) is 0.587. The molecule has 0 bridgehead atoms. The lowest BCUT2D eigenvalue weighted by molar-refractivity contribution is 0.412. The summed E-state index contributed by atoms with van der Waals surface area (Å²) in [5.74, 6) is 0.748. The highest BCUT2D eigenvalue weighted by molar-refractivity contribution is 9.10. The number of halogens is 1. The molecule has 0 unspecified atom stereocenters. The van der Waals surface area contributed by atoms with Gasteiger partial charge in [0, 0.05) is 6.54 Å². The fourth-order valence-corrected chi connectivity index (χ4v) is 4.36. The zero-order valence-corrected chi connectivity index (χ0v) is 17.3. The van der Waals surface area contributed by atoms with Gasteiger partial charge in [0.25, 0.3) is 0 Å². The van der Waals surface area contributed by atoms with E-state index in [1.807, 2.05) is 60.7 Å².